The second-order valence-corrected chi connectivity index (χ2v) is 6.43. The molecule has 4 heteroatoms. The third-order valence-electron chi connectivity index (χ3n) is 3.92. The predicted molar refractivity (Wildman–Crippen MR) is 88.1 cm³/mol. The molecule has 0 amide bonds. The van der Waals surface area contributed by atoms with Crippen LogP contribution in [0.3, 0.4) is 0 Å². The highest BCUT2D eigenvalue weighted by molar-refractivity contribution is 5.52. The molecular weight excluding hydrogens is 262 g/mol. The molecule has 21 heavy (non-hydrogen) atoms. The highest BCUT2D eigenvalue weighted by Crippen LogP contribution is 2.29. The van der Waals surface area contributed by atoms with E-state index in [1.807, 2.05) is 18.3 Å². The van der Waals surface area contributed by atoms with Gasteiger partial charge in [-0.15, -0.1) is 0 Å². The summed E-state index contributed by atoms with van der Waals surface area (Å²) in [7, 11) is 0. The summed E-state index contributed by atoms with van der Waals surface area (Å²) in [4.78, 5) is 7.00. The number of anilines is 1. The second kappa shape index (κ2) is 7.64. The molecule has 1 aliphatic heterocycles. The number of rotatable bonds is 6. The fourth-order valence-corrected chi connectivity index (χ4v) is 2.83. The molecule has 4 nitrogen and oxygen atoms in total. The average Bonchev–Trinajstić information content (AvgIpc) is 2.46. The zero-order valence-corrected chi connectivity index (χ0v) is 13.8. The van der Waals surface area contributed by atoms with Crippen LogP contribution in [0.4, 0.5) is 5.82 Å². The third-order valence-corrected chi connectivity index (χ3v) is 3.92. The molecule has 1 aromatic heterocycles. The summed E-state index contributed by atoms with van der Waals surface area (Å²) in [6.07, 6.45) is 4.52. The number of hydrogen-bond acceptors (Lipinski definition) is 4. The Bertz CT molecular complexity index is 428. The van der Waals surface area contributed by atoms with Crippen LogP contribution in [0.2, 0.25) is 0 Å². The number of pyridine rings is 1. The maximum absolute atomic E-state index is 5.95. The quantitative estimate of drug-likeness (QED) is 0.874. The van der Waals surface area contributed by atoms with Gasteiger partial charge in [0.2, 0.25) is 0 Å². The summed E-state index contributed by atoms with van der Waals surface area (Å²) in [5, 5.41) is 3.44. The summed E-state index contributed by atoms with van der Waals surface area (Å²) in [5.74, 6) is 2.62. The average molecular weight is 291 g/mol. The summed E-state index contributed by atoms with van der Waals surface area (Å²) in [6.45, 7) is 11.9. The maximum atomic E-state index is 5.95. The van der Waals surface area contributed by atoms with Crippen LogP contribution in [-0.2, 0) is 0 Å². The first-order valence-corrected chi connectivity index (χ1v) is 8.17. The molecule has 0 aliphatic carbocycles. The Morgan fingerprint density at radius 2 is 2.00 bits per heavy atom. The Morgan fingerprint density at radius 3 is 2.62 bits per heavy atom. The van der Waals surface area contributed by atoms with E-state index in [-0.39, 0.29) is 6.10 Å². The topological polar surface area (TPSA) is 37.4 Å². The van der Waals surface area contributed by atoms with Gasteiger partial charge in [-0.25, -0.2) is 4.98 Å². The van der Waals surface area contributed by atoms with Crippen LogP contribution < -0.4 is 15.0 Å². The molecule has 0 spiro atoms. The van der Waals surface area contributed by atoms with E-state index in [0.717, 1.165) is 37.1 Å². The molecule has 0 atom stereocenters. The standard InChI is InChI=1S/C17H29N3O/c1-13(2)20(12-15-7-10-18-11-8-15)17-16(21-14(3)4)6-5-9-19-17/h5-6,9,13-15,18H,7-8,10-12H2,1-4H3. The molecule has 1 N–H and O–H groups in total. The molecule has 0 unspecified atom stereocenters. The predicted octanol–water partition coefficient (Wildman–Crippen LogP) is 3.08. The lowest BCUT2D eigenvalue weighted by Gasteiger charge is -2.34. The molecule has 0 bridgehead atoms. The van der Waals surface area contributed by atoms with Gasteiger partial charge in [0.05, 0.1) is 6.10 Å². The minimum Gasteiger partial charge on any atom is -0.487 e. The van der Waals surface area contributed by atoms with Gasteiger partial charge in [-0.05, 0) is 71.7 Å². The lowest BCUT2D eigenvalue weighted by Crippen LogP contribution is -2.40. The van der Waals surface area contributed by atoms with E-state index in [0.29, 0.717) is 6.04 Å². The van der Waals surface area contributed by atoms with Crippen molar-refractivity contribution in [2.75, 3.05) is 24.5 Å². The van der Waals surface area contributed by atoms with Gasteiger partial charge in [0, 0.05) is 18.8 Å². The lowest BCUT2D eigenvalue weighted by molar-refractivity contribution is 0.241. The van der Waals surface area contributed by atoms with E-state index in [9.17, 15) is 0 Å². The van der Waals surface area contributed by atoms with Gasteiger partial charge >= 0.3 is 0 Å². The maximum Gasteiger partial charge on any atom is 0.171 e. The van der Waals surface area contributed by atoms with Crippen molar-refractivity contribution >= 4 is 5.82 Å². The number of nitrogens with zero attached hydrogens (tertiary/aromatic N) is 2. The van der Waals surface area contributed by atoms with Crippen molar-refractivity contribution in [2.45, 2.75) is 52.7 Å². The van der Waals surface area contributed by atoms with Crippen LogP contribution in [0.25, 0.3) is 0 Å². The van der Waals surface area contributed by atoms with Crippen molar-refractivity contribution in [1.29, 1.82) is 0 Å². The normalized spacial score (nSPS) is 16.5. The van der Waals surface area contributed by atoms with E-state index >= 15 is 0 Å². The number of nitrogens with one attached hydrogen (secondary N) is 1. The first-order valence-electron chi connectivity index (χ1n) is 8.17. The van der Waals surface area contributed by atoms with Gasteiger partial charge in [0.25, 0.3) is 0 Å². The molecule has 1 saturated heterocycles. The second-order valence-electron chi connectivity index (χ2n) is 6.43. The molecule has 1 aliphatic rings. The SMILES string of the molecule is CC(C)Oc1cccnc1N(CC1CCNCC1)C(C)C. The number of aromatic nitrogens is 1. The van der Waals surface area contributed by atoms with Crippen molar-refractivity contribution in [2.24, 2.45) is 5.92 Å². The van der Waals surface area contributed by atoms with Crippen LogP contribution in [-0.4, -0.2) is 36.8 Å². The van der Waals surface area contributed by atoms with Gasteiger partial charge in [-0.3, -0.25) is 0 Å². The van der Waals surface area contributed by atoms with Crippen molar-refractivity contribution < 1.29 is 4.74 Å². The van der Waals surface area contributed by atoms with Gasteiger partial charge in [0.1, 0.15) is 0 Å². The monoisotopic (exact) mass is 291 g/mol. The molecule has 0 aromatic carbocycles. The largest absolute Gasteiger partial charge is 0.487 e. The Kier molecular flexibility index (Phi) is 5.85. The number of ether oxygens (including phenoxy) is 1. The number of piperidine rings is 1. The fourth-order valence-electron chi connectivity index (χ4n) is 2.83. The summed E-state index contributed by atoms with van der Waals surface area (Å²) in [6, 6.07) is 4.40. The minimum absolute atomic E-state index is 0.167. The smallest absolute Gasteiger partial charge is 0.171 e. The lowest BCUT2D eigenvalue weighted by atomic mass is 9.97. The van der Waals surface area contributed by atoms with Crippen molar-refractivity contribution in [1.82, 2.24) is 10.3 Å². The first kappa shape index (κ1) is 16.1. The Labute approximate surface area is 128 Å². The van der Waals surface area contributed by atoms with Gasteiger partial charge in [-0.2, -0.15) is 0 Å². The first-order chi connectivity index (χ1) is 10.1. The van der Waals surface area contributed by atoms with E-state index in [4.69, 9.17) is 4.74 Å². The highest BCUT2D eigenvalue weighted by atomic mass is 16.5. The van der Waals surface area contributed by atoms with Crippen LogP contribution in [0.1, 0.15) is 40.5 Å². The molecule has 2 rings (SSSR count). The van der Waals surface area contributed by atoms with Crippen LogP contribution in [0, 0.1) is 5.92 Å². The minimum atomic E-state index is 0.167. The van der Waals surface area contributed by atoms with Crippen molar-refractivity contribution in [3.05, 3.63) is 18.3 Å². The van der Waals surface area contributed by atoms with Crippen LogP contribution >= 0.6 is 0 Å². The number of hydrogen-bond donors (Lipinski definition) is 1. The molecule has 1 aromatic rings. The highest BCUT2D eigenvalue weighted by Gasteiger charge is 2.22. The van der Waals surface area contributed by atoms with Crippen molar-refractivity contribution in [3.8, 4) is 5.75 Å². The molecule has 0 radical (unpaired) electrons. The van der Waals surface area contributed by atoms with E-state index in [2.05, 4.69) is 42.9 Å². The van der Waals surface area contributed by atoms with Gasteiger partial charge in [-0.1, -0.05) is 0 Å². The zero-order valence-electron chi connectivity index (χ0n) is 13.8. The summed E-state index contributed by atoms with van der Waals surface area (Å²) < 4.78 is 5.95. The van der Waals surface area contributed by atoms with Crippen molar-refractivity contribution in [3.63, 3.8) is 0 Å². The molecule has 1 fully saturated rings. The Balaban J connectivity index is 2.17. The Morgan fingerprint density at radius 1 is 1.29 bits per heavy atom. The molecule has 118 valence electrons. The summed E-state index contributed by atoms with van der Waals surface area (Å²) in [5.41, 5.74) is 0. The fraction of sp³-hybridized carbons (Fsp3) is 0.706. The molecule has 2 heterocycles. The molecule has 0 saturated carbocycles. The van der Waals surface area contributed by atoms with Gasteiger partial charge in [0.15, 0.2) is 11.6 Å². The van der Waals surface area contributed by atoms with Crippen LogP contribution in [0.15, 0.2) is 18.3 Å². The van der Waals surface area contributed by atoms with E-state index in [1.54, 1.807) is 0 Å². The van der Waals surface area contributed by atoms with E-state index in [1.165, 1.54) is 12.8 Å². The zero-order chi connectivity index (χ0) is 15.2. The molecular formula is C17H29N3O. The van der Waals surface area contributed by atoms with Crippen LogP contribution in [0.5, 0.6) is 5.75 Å². The summed E-state index contributed by atoms with van der Waals surface area (Å²) >= 11 is 0. The Hall–Kier alpha value is -1.29. The van der Waals surface area contributed by atoms with Gasteiger partial charge < -0.3 is 15.0 Å². The third kappa shape index (κ3) is 4.60. The van der Waals surface area contributed by atoms with E-state index < -0.39 is 0 Å².